The van der Waals surface area contributed by atoms with E-state index in [1.54, 1.807) is 11.8 Å². The van der Waals surface area contributed by atoms with Gasteiger partial charge >= 0.3 is 12.0 Å². The van der Waals surface area contributed by atoms with Gasteiger partial charge in [-0.25, -0.2) is 9.59 Å². The number of allylic oxidation sites excluding steroid dienone is 1. The molecule has 1 heterocycles. The van der Waals surface area contributed by atoms with E-state index in [0.29, 0.717) is 23.7 Å². The van der Waals surface area contributed by atoms with Crippen molar-refractivity contribution >= 4 is 12.0 Å². The van der Waals surface area contributed by atoms with Crippen LogP contribution in [0.4, 0.5) is 4.79 Å². The van der Waals surface area contributed by atoms with Crippen LogP contribution in [0.15, 0.2) is 35.5 Å². The molecule has 124 valence electrons. The van der Waals surface area contributed by atoms with E-state index in [1.165, 1.54) is 7.11 Å². The highest BCUT2D eigenvalue weighted by Gasteiger charge is 2.36. The Kier molecular flexibility index (Phi) is 5.08. The van der Waals surface area contributed by atoms with Crippen LogP contribution in [0.3, 0.4) is 0 Å². The van der Waals surface area contributed by atoms with Crippen LogP contribution < -0.4 is 5.32 Å². The molecule has 0 unspecified atom stereocenters. The van der Waals surface area contributed by atoms with Gasteiger partial charge in [-0.2, -0.15) is 0 Å². The van der Waals surface area contributed by atoms with Gasteiger partial charge in [-0.3, -0.25) is 4.90 Å². The lowest BCUT2D eigenvalue weighted by Gasteiger charge is -2.36. The molecule has 5 heteroatoms. The number of methoxy groups -OCH3 is 1. The van der Waals surface area contributed by atoms with Crippen LogP contribution in [-0.4, -0.2) is 30.6 Å². The first kappa shape index (κ1) is 17.1. The fourth-order valence-corrected chi connectivity index (χ4v) is 2.75. The van der Waals surface area contributed by atoms with Gasteiger partial charge in [-0.05, 0) is 25.3 Å². The Morgan fingerprint density at radius 1 is 1.26 bits per heavy atom. The second-order valence-corrected chi connectivity index (χ2v) is 6.29. The molecule has 0 fully saturated rings. The SMILES string of the molecule is COC(=O)C1=C(C)N(CC(C)C)C(=O)N[C@@H]1c1ccc(C)cc1. The maximum atomic E-state index is 12.5. The Balaban J connectivity index is 2.50. The number of rotatable bonds is 4. The number of nitrogens with one attached hydrogen (secondary N) is 1. The van der Waals surface area contributed by atoms with Crippen molar-refractivity contribution in [1.29, 1.82) is 0 Å². The van der Waals surface area contributed by atoms with Crippen molar-refractivity contribution in [3.05, 3.63) is 46.7 Å². The quantitative estimate of drug-likeness (QED) is 0.868. The number of hydrogen-bond acceptors (Lipinski definition) is 3. The third-order valence-electron chi connectivity index (χ3n) is 3.96. The summed E-state index contributed by atoms with van der Waals surface area (Å²) in [5, 5.41) is 2.93. The van der Waals surface area contributed by atoms with Gasteiger partial charge < -0.3 is 10.1 Å². The molecule has 2 rings (SSSR count). The number of esters is 1. The number of benzene rings is 1. The van der Waals surface area contributed by atoms with Gasteiger partial charge in [-0.15, -0.1) is 0 Å². The Morgan fingerprint density at radius 3 is 2.39 bits per heavy atom. The molecule has 0 aromatic heterocycles. The first-order valence-electron chi connectivity index (χ1n) is 7.78. The van der Waals surface area contributed by atoms with Gasteiger partial charge in [0.15, 0.2) is 0 Å². The van der Waals surface area contributed by atoms with Crippen LogP contribution in [0, 0.1) is 12.8 Å². The highest BCUT2D eigenvalue weighted by Crippen LogP contribution is 2.31. The number of amides is 2. The van der Waals surface area contributed by atoms with Gasteiger partial charge in [0.25, 0.3) is 0 Å². The standard InChI is InChI=1S/C18H24N2O3/c1-11(2)10-20-13(4)15(17(21)23-5)16(19-18(20)22)14-8-6-12(3)7-9-14/h6-9,11,16H,10H2,1-5H3,(H,19,22)/t16-/m1/s1. The Morgan fingerprint density at radius 2 is 1.87 bits per heavy atom. The molecule has 0 radical (unpaired) electrons. The Labute approximate surface area is 137 Å². The fraction of sp³-hybridized carbons (Fsp3) is 0.444. The number of carbonyl (C=O) groups excluding carboxylic acids is 2. The molecule has 0 bridgehead atoms. The van der Waals surface area contributed by atoms with Crippen molar-refractivity contribution in [2.75, 3.05) is 13.7 Å². The summed E-state index contributed by atoms with van der Waals surface area (Å²) in [4.78, 5) is 26.4. The van der Waals surface area contributed by atoms with E-state index in [0.717, 1.165) is 11.1 Å². The summed E-state index contributed by atoms with van der Waals surface area (Å²) >= 11 is 0. The van der Waals surface area contributed by atoms with E-state index >= 15 is 0 Å². The average molecular weight is 316 g/mol. The maximum absolute atomic E-state index is 12.5. The van der Waals surface area contributed by atoms with Crippen molar-refractivity contribution in [3.8, 4) is 0 Å². The minimum Gasteiger partial charge on any atom is -0.466 e. The highest BCUT2D eigenvalue weighted by molar-refractivity contribution is 5.95. The smallest absolute Gasteiger partial charge is 0.337 e. The number of urea groups is 1. The zero-order chi connectivity index (χ0) is 17.1. The zero-order valence-electron chi connectivity index (χ0n) is 14.3. The van der Waals surface area contributed by atoms with E-state index in [-0.39, 0.29) is 6.03 Å². The van der Waals surface area contributed by atoms with E-state index in [9.17, 15) is 9.59 Å². The molecule has 0 saturated carbocycles. The van der Waals surface area contributed by atoms with Crippen molar-refractivity contribution in [2.45, 2.75) is 33.7 Å². The van der Waals surface area contributed by atoms with Gasteiger partial charge in [0.1, 0.15) is 0 Å². The first-order chi connectivity index (χ1) is 10.8. The van der Waals surface area contributed by atoms with Crippen LogP contribution in [0.2, 0.25) is 0 Å². The molecule has 1 atom stereocenters. The lowest BCUT2D eigenvalue weighted by molar-refractivity contribution is -0.136. The number of aryl methyl sites for hydroxylation is 1. The number of ether oxygens (including phenoxy) is 1. The van der Waals surface area contributed by atoms with Crippen molar-refractivity contribution < 1.29 is 14.3 Å². The molecule has 1 aromatic carbocycles. The van der Waals surface area contributed by atoms with Gasteiger partial charge in [0, 0.05) is 12.2 Å². The predicted molar refractivity (Wildman–Crippen MR) is 88.7 cm³/mol. The lowest BCUT2D eigenvalue weighted by Crippen LogP contribution is -2.49. The number of hydrogen-bond donors (Lipinski definition) is 1. The van der Waals surface area contributed by atoms with Crippen LogP contribution in [0.1, 0.15) is 37.9 Å². The lowest BCUT2D eigenvalue weighted by atomic mass is 9.94. The fourth-order valence-electron chi connectivity index (χ4n) is 2.75. The topological polar surface area (TPSA) is 58.6 Å². The summed E-state index contributed by atoms with van der Waals surface area (Å²) in [6.45, 7) is 8.41. The van der Waals surface area contributed by atoms with Crippen molar-refractivity contribution in [3.63, 3.8) is 0 Å². The summed E-state index contributed by atoms with van der Waals surface area (Å²) in [6.07, 6.45) is 0. The molecule has 1 N–H and O–H groups in total. The van der Waals surface area contributed by atoms with E-state index in [1.807, 2.05) is 45.0 Å². The van der Waals surface area contributed by atoms with E-state index in [2.05, 4.69) is 5.32 Å². The summed E-state index contributed by atoms with van der Waals surface area (Å²) in [5.74, 6) is -0.118. The predicted octanol–water partition coefficient (Wildman–Crippen LogP) is 3.16. The first-order valence-corrected chi connectivity index (χ1v) is 7.78. The molecule has 1 aliphatic heterocycles. The minimum atomic E-state index is -0.487. The average Bonchev–Trinajstić information content (AvgIpc) is 2.51. The molecule has 0 saturated heterocycles. The van der Waals surface area contributed by atoms with Gasteiger partial charge in [0.05, 0.1) is 18.7 Å². The third kappa shape index (κ3) is 3.55. The number of nitrogens with zero attached hydrogens (tertiary/aromatic N) is 1. The molecule has 0 aliphatic carbocycles. The van der Waals surface area contributed by atoms with E-state index < -0.39 is 12.0 Å². The minimum absolute atomic E-state index is 0.186. The summed E-state index contributed by atoms with van der Waals surface area (Å²) in [6, 6.07) is 7.11. The zero-order valence-corrected chi connectivity index (χ0v) is 14.3. The molecular weight excluding hydrogens is 292 g/mol. The van der Waals surface area contributed by atoms with Crippen LogP contribution >= 0.6 is 0 Å². The Bertz CT molecular complexity index is 632. The largest absolute Gasteiger partial charge is 0.466 e. The summed E-state index contributed by atoms with van der Waals surface area (Å²) in [7, 11) is 1.36. The molecule has 5 nitrogen and oxygen atoms in total. The van der Waals surface area contributed by atoms with Crippen LogP contribution in [0.25, 0.3) is 0 Å². The molecular formula is C18H24N2O3. The molecule has 1 aliphatic rings. The molecule has 2 amide bonds. The van der Waals surface area contributed by atoms with E-state index in [4.69, 9.17) is 4.74 Å². The van der Waals surface area contributed by atoms with Crippen molar-refractivity contribution in [1.82, 2.24) is 10.2 Å². The monoisotopic (exact) mass is 316 g/mol. The summed E-state index contributed by atoms with van der Waals surface area (Å²) in [5.41, 5.74) is 3.13. The van der Waals surface area contributed by atoms with Gasteiger partial charge in [0.2, 0.25) is 0 Å². The van der Waals surface area contributed by atoms with Crippen LogP contribution in [-0.2, 0) is 9.53 Å². The Hall–Kier alpha value is -2.30. The summed E-state index contributed by atoms with van der Waals surface area (Å²) < 4.78 is 4.95. The maximum Gasteiger partial charge on any atom is 0.337 e. The second-order valence-electron chi connectivity index (χ2n) is 6.29. The van der Waals surface area contributed by atoms with Crippen molar-refractivity contribution in [2.24, 2.45) is 5.92 Å². The second kappa shape index (κ2) is 6.86. The number of carbonyl (C=O) groups is 2. The van der Waals surface area contributed by atoms with Crippen LogP contribution in [0.5, 0.6) is 0 Å². The third-order valence-corrected chi connectivity index (χ3v) is 3.96. The highest BCUT2D eigenvalue weighted by atomic mass is 16.5. The molecule has 1 aromatic rings. The molecule has 23 heavy (non-hydrogen) atoms. The normalized spacial score (nSPS) is 18.3. The molecule has 0 spiro atoms. The van der Waals surface area contributed by atoms with Gasteiger partial charge in [-0.1, -0.05) is 43.7 Å².